The van der Waals surface area contributed by atoms with Crippen molar-refractivity contribution < 1.29 is 18.5 Å². The van der Waals surface area contributed by atoms with Crippen molar-refractivity contribution in [2.75, 3.05) is 16.0 Å². The Balaban J connectivity index is 1.53. The zero-order chi connectivity index (χ0) is 21.5. The standard InChI is InChI=1S/C20H19FN6O3/c1-20(2,3)16-7-17(30-27-16)26-19(29)25-15-6-14-11(5-13(15)21)12(18(28)24-14)4-10-8-22-9-23-10/h4-9H,1-3H3,(H,22,23)(H,24,28)(H2,25,26,29)/b12-4-. The highest BCUT2D eigenvalue weighted by Gasteiger charge is 2.27. The van der Waals surface area contributed by atoms with Crippen LogP contribution in [0.5, 0.6) is 0 Å². The number of fused-ring (bicyclic) bond motifs is 1. The Morgan fingerprint density at radius 2 is 2.03 bits per heavy atom. The maximum atomic E-state index is 14.6. The summed E-state index contributed by atoms with van der Waals surface area (Å²) in [6, 6.07) is 3.45. The maximum Gasteiger partial charge on any atom is 0.326 e. The first kappa shape index (κ1) is 19.4. The van der Waals surface area contributed by atoms with Gasteiger partial charge in [-0.1, -0.05) is 25.9 Å². The fourth-order valence-electron chi connectivity index (χ4n) is 2.90. The van der Waals surface area contributed by atoms with Gasteiger partial charge in [-0.15, -0.1) is 0 Å². The van der Waals surface area contributed by atoms with Crippen molar-refractivity contribution in [3.05, 3.63) is 53.5 Å². The lowest BCUT2D eigenvalue weighted by atomic mass is 9.92. The molecule has 4 N–H and O–H groups in total. The molecular weight excluding hydrogens is 391 g/mol. The van der Waals surface area contributed by atoms with Gasteiger partial charge >= 0.3 is 6.03 Å². The molecule has 0 fully saturated rings. The molecule has 0 spiro atoms. The van der Waals surface area contributed by atoms with Gasteiger partial charge in [0, 0.05) is 17.0 Å². The molecule has 3 amide bonds. The van der Waals surface area contributed by atoms with E-state index in [2.05, 4.69) is 31.1 Å². The number of nitrogens with zero attached hydrogens (tertiary/aromatic N) is 2. The second kappa shape index (κ2) is 7.14. The Bertz CT molecular complexity index is 1160. The number of urea groups is 1. The topological polar surface area (TPSA) is 125 Å². The Kier molecular flexibility index (Phi) is 4.61. The number of amides is 3. The van der Waals surface area contributed by atoms with Gasteiger partial charge in [0.1, 0.15) is 5.82 Å². The summed E-state index contributed by atoms with van der Waals surface area (Å²) in [5, 5.41) is 11.5. The average Bonchev–Trinajstić information content (AvgIpc) is 3.38. The molecule has 10 heteroatoms. The Hall–Kier alpha value is -3.95. The van der Waals surface area contributed by atoms with Gasteiger partial charge in [-0.3, -0.25) is 10.1 Å². The van der Waals surface area contributed by atoms with E-state index in [1.807, 2.05) is 20.8 Å². The number of halogens is 1. The van der Waals surface area contributed by atoms with E-state index < -0.39 is 11.8 Å². The summed E-state index contributed by atoms with van der Waals surface area (Å²) in [5.41, 5.74) is 2.01. The Labute approximate surface area is 170 Å². The minimum Gasteiger partial charge on any atom is -0.345 e. The fraction of sp³-hybridized carbons (Fsp3) is 0.200. The van der Waals surface area contributed by atoms with E-state index in [9.17, 15) is 14.0 Å². The van der Waals surface area contributed by atoms with Crippen molar-refractivity contribution >= 4 is 40.8 Å². The molecule has 0 atom stereocenters. The average molecular weight is 410 g/mol. The number of carbonyl (C=O) groups is 2. The third-order valence-corrected chi connectivity index (χ3v) is 4.47. The molecule has 30 heavy (non-hydrogen) atoms. The monoisotopic (exact) mass is 410 g/mol. The summed E-state index contributed by atoms with van der Waals surface area (Å²) in [4.78, 5) is 31.3. The molecule has 154 valence electrons. The number of aromatic amines is 1. The summed E-state index contributed by atoms with van der Waals surface area (Å²) in [6.45, 7) is 5.87. The number of hydrogen-bond donors (Lipinski definition) is 4. The van der Waals surface area contributed by atoms with Gasteiger partial charge < -0.3 is 20.1 Å². The predicted molar refractivity (Wildman–Crippen MR) is 109 cm³/mol. The number of carbonyl (C=O) groups excluding carboxylic acids is 2. The van der Waals surface area contributed by atoms with E-state index in [4.69, 9.17) is 4.52 Å². The van der Waals surface area contributed by atoms with Crippen LogP contribution in [0.4, 0.5) is 26.4 Å². The van der Waals surface area contributed by atoms with Gasteiger partial charge in [-0.05, 0) is 18.2 Å². The lowest BCUT2D eigenvalue weighted by Gasteiger charge is -2.12. The number of nitrogens with one attached hydrogen (secondary N) is 4. The number of aromatic nitrogens is 3. The van der Waals surface area contributed by atoms with Crippen LogP contribution in [0.25, 0.3) is 11.6 Å². The summed E-state index contributed by atoms with van der Waals surface area (Å²) >= 11 is 0. The molecule has 4 rings (SSSR count). The molecule has 3 aromatic rings. The van der Waals surface area contributed by atoms with Crippen LogP contribution in [-0.2, 0) is 10.2 Å². The van der Waals surface area contributed by atoms with Crippen molar-refractivity contribution in [3.8, 4) is 0 Å². The van der Waals surface area contributed by atoms with Crippen molar-refractivity contribution in [2.24, 2.45) is 0 Å². The molecule has 0 aliphatic carbocycles. The SMILES string of the molecule is CC(C)(C)c1cc(NC(=O)Nc2cc3c(cc2F)/C(=C/c2cnc[nH]2)C(=O)N3)on1. The van der Waals surface area contributed by atoms with Crippen LogP contribution in [-0.4, -0.2) is 27.1 Å². The first-order valence-corrected chi connectivity index (χ1v) is 9.11. The number of anilines is 3. The van der Waals surface area contributed by atoms with Crippen LogP contribution in [0.1, 0.15) is 37.7 Å². The van der Waals surface area contributed by atoms with Crippen LogP contribution in [0.15, 0.2) is 35.2 Å². The van der Waals surface area contributed by atoms with Gasteiger partial charge in [0.2, 0.25) is 5.88 Å². The second-order valence-electron chi connectivity index (χ2n) is 7.80. The van der Waals surface area contributed by atoms with E-state index >= 15 is 0 Å². The maximum absolute atomic E-state index is 14.6. The molecular formula is C20H19FN6O3. The fourth-order valence-corrected chi connectivity index (χ4v) is 2.90. The number of H-pyrrole nitrogens is 1. The molecule has 3 heterocycles. The van der Waals surface area contributed by atoms with Crippen molar-refractivity contribution in [1.82, 2.24) is 15.1 Å². The number of imidazole rings is 1. The van der Waals surface area contributed by atoms with Gasteiger partial charge in [-0.25, -0.2) is 14.2 Å². The van der Waals surface area contributed by atoms with Crippen LogP contribution in [0, 0.1) is 5.82 Å². The van der Waals surface area contributed by atoms with Crippen molar-refractivity contribution in [1.29, 1.82) is 0 Å². The highest BCUT2D eigenvalue weighted by Crippen LogP contribution is 2.36. The molecule has 1 aliphatic rings. The van der Waals surface area contributed by atoms with E-state index in [1.54, 1.807) is 18.3 Å². The normalized spacial score (nSPS) is 14.5. The third kappa shape index (κ3) is 3.79. The Morgan fingerprint density at radius 1 is 1.23 bits per heavy atom. The predicted octanol–water partition coefficient (Wildman–Crippen LogP) is 3.97. The summed E-state index contributed by atoms with van der Waals surface area (Å²) < 4.78 is 19.7. The molecule has 0 saturated carbocycles. The van der Waals surface area contributed by atoms with Crippen molar-refractivity contribution in [2.45, 2.75) is 26.2 Å². The molecule has 9 nitrogen and oxygen atoms in total. The molecule has 1 aromatic carbocycles. The largest absolute Gasteiger partial charge is 0.345 e. The number of rotatable bonds is 3. The lowest BCUT2D eigenvalue weighted by molar-refractivity contribution is -0.110. The molecule has 0 radical (unpaired) electrons. The van der Waals surface area contributed by atoms with Crippen molar-refractivity contribution in [3.63, 3.8) is 0 Å². The van der Waals surface area contributed by atoms with E-state index in [0.717, 1.165) is 0 Å². The smallest absolute Gasteiger partial charge is 0.326 e. The first-order valence-electron chi connectivity index (χ1n) is 9.11. The third-order valence-electron chi connectivity index (χ3n) is 4.47. The van der Waals surface area contributed by atoms with Gasteiger partial charge in [-0.2, -0.15) is 0 Å². The van der Waals surface area contributed by atoms with Gasteiger partial charge in [0.05, 0.1) is 40.9 Å². The zero-order valence-corrected chi connectivity index (χ0v) is 16.5. The minimum absolute atomic E-state index is 0.0927. The lowest BCUT2D eigenvalue weighted by Crippen LogP contribution is -2.20. The van der Waals surface area contributed by atoms with Crippen LogP contribution in [0.3, 0.4) is 0 Å². The van der Waals surface area contributed by atoms with Crippen LogP contribution in [0.2, 0.25) is 0 Å². The summed E-state index contributed by atoms with van der Waals surface area (Å²) in [5.74, 6) is -0.932. The molecule has 0 unspecified atom stereocenters. The highest BCUT2D eigenvalue weighted by atomic mass is 19.1. The quantitative estimate of drug-likeness (QED) is 0.486. The summed E-state index contributed by atoms with van der Waals surface area (Å²) in [6.07, 6.45) is 4.60. The van der Waals surface area contributed by atoms with Gasteiger partial charge in [0.25, 0.3) is 5.91 Å². The van der Waals surface area contributed by atoms with E-state index in [1.165, 1.54) is 18.5 Å². The van der Waals surface area contributed by atoms with E-state index in [0.29, 0.717) is 28.2 Å². The minimum atomic E-state index is -0.706. The highest BCUT2D eigenvalue weighted by molar-refractivity contribution is 6.35. The molecule has 2 aromatic heterocycles. The summed E-state index contributed by atoms with van der Waals surface area (Å²) in [7, 11) is 0. The number of hydrogen-bond acceptors (Lipinski definition) is 5. The second-order valence-corrected chi connectivity index (χ2v) is 7.80. The zero-order valence-electron chi connectivity index (χ0n) is 16.5. The molecule has 1 aliphatic heterocycles. The molecule has 0 bridgehead atoms. The van der Waals surface area contributed by atoms with Gasteiger partial charge in [0.15, 0.2) is 0 Å². The van der Waals surface area contributed by atoms with Crippen LogP contribution < -0.4 is 16.0 Å². The number of benzene rings is 1. The first-order chi connectivity index (χ1) is 14.2. The van der Waals surface area contributed by atoms with Crippen LogP contribution >= 0.6 is 0 Å². The molecule has 0 saturated heterocycles. The van der Waals surface area contributed by atoms with E-state index in [-0.39, 0.29) is 22.9 Å². The Morgan fingerprint density at radius 3 is 2.70 bits per heavy atom.